The molecule has 0 spiro atoms. The quantitative estimate of drug-likeness (QED) is 0.370. The van der Waals surface area contributed by atoms with Gasteiger partial charge >= 0.3 is 0 Å². The molecule has 6 heteroatoms. The van der Waals surface area contributed by atoms with Crippen LogP contribution in [0.3, 0.4) is 0 Å². The molecule has 0 bridgehead atoms. The van der Waals surface area contributed by atoms with Gasteiger partial charge in [0.15, 0.2) is 5.44 Å². The normalized spacial score (nSPS) is 21.1. The third kappa shape index (κ3) is 4.33. The van der Waals surface area contributed by atoms with Gasteiger partial charge in [0, 0.05) is 0 Å². The maximum atomic E-state index is 13.2. The molecule has 4 nitrogen and oxygen atoms in total. The van der Waals surface area contributed by atoms with Crippen molar-refractivity contribution in [1.82, 2.24) is 0 Å². The molecule has 0 aromatic heterocycles. The van der Waals surface area contributed by atoms with Gasteiger partial charge in [-0.25, -0.2) is 8.42 Å². The summed E-state index contributed by atoms with van der Waals surface area (Å²) >= 11 is 0. The monoisotopic (exact) mass is 480 g/mol. The van der Waals surface area contributed by atoms with Crippen LogP contribution in [0.4, 0.5) is 0 Å². The van der Waals surface area contributed by atoms with Crippen molar-refractivity contribution in [2.75, 3.05) is 6.61 Å². The van der Waals surface area contributed by atoms with Gasteiger partial charge in [-0.2, -0.15) is 0 Å². The van der Waals surface area contributed by atoms with Gasteiger partial charge < -0.3 is 9.16 Å². The van der Waals surface area contributed by atoms with E-state index in [1.807, 2.05) is 62.4 Å². The second kappa shape index (κ2) is 8.51. The lowest BCUT2D eigenvalue weighted by atomic mass is 10.2. The molecule has 1 heterocycles. The number of ether oxygens (including phenoxy) is 1. The number of epoxide rings is 1. The Balaban J connectivity index is 1.68. The van der Waals surface area contributed by atoms with E-state index in [4.69, 9.17) is 9.16 Å². The van der Waals surface area contributed by atoms with Crippen molar-refractivity contribution in [2.45, 2.75) is 55.6 Å². The van der Waals surface area contributed by atoms with E-state index in [0.29, 0.717) is 0 Å². The number of sulfone groups is 1. The molecule has 0 radical (unpaired) electrons. The topological polar surface area (TPSA) is 55.9 Å². The zero-order chi connectivity index (χ0) is 23.9. The smallest absolute Gasteiger partial charge is 0.261 e. The molecular formula is C27H32O4SSi. The van der Waals surface area contributed by atoms with Crippen molar-refractivity contribution in [2.24, 2.45) is 0 Å². The molecule has 0 aliphatic carbocycles. The van der Waals surface area contributed by atoms with Gasteiger partial charge in [0.1, 0.15) is 5.60 Å². The molecule has 1 aliphatic rings. The van der Waals surface area contributed by atoms with Gasteiger partial charge in [0.05, 0.1) is 11.5 Å². The second-order valence-electron chi connectivity index (χ2n) is 10.1. The van der Waals surface area contributed by atoms with Crippen LogP contribution >= 0.6 is 0 Å². The fourth-order valence-electron chi connectivity index (χ4n) is 4.57. The summed E-state index contributed by atoms with van der Waals surface area (Å²) in [6.07, 6.45) is 0. The van der Waals surface area contributed by atoms with Crippen LogP contribution in [-0.2, 0) is 19.0 Å². The predicted molar refractivity (Wildman–Crippen MR) is 135 cm³/mol. The van der Waals surface area contributed by atoms with Crippen molar-refractivity contribution < 1.29 is 17.6 Å². The van der Waals surface area contributed by atoms with Gasteiger partial charge in [-0.1, -0.05) is 99.1 Å². The summed E-state index contributed by atoms with van der Waals surface area (Å²) in [4.78, 5) is 0.285. The van der Waals surface area contributed by atoms with Gasteiger partial charge in [-0.3, -0.25) is 0 Å². The van der Waals surface area contributed by atoms with Crippen LogP contribution in [0.25, 0.3) is 0 Å². The molecule has 3 aromatic rings. The van der Waals surface area contributed by atoms with E-state index in [9.17, 15) is 8.42 Å². The van der Waals surface area contributed by atoms with E-state index in [0.717, 1.165) is 15.9 Å². The highest BCUT2D eigenvalue weighted by Crippen LogP contribution is 2.45. The summed E-state index contributed by atoms with van der Waals surface area (Å²) < 4.78 is 39.2. The number of benzene rings is 3. The summed E-state index contributed by atoms with van der Waals surface area (Å²) in [6.45, 7) is 10.6. The van der Waals surface area contributed by atoms with Crippen LogP contribution in [-0.4, -0.2) is 34.4 Å². The molecule has 0 unspecified atom stereocenters. The van der Waals surface area contributed by atoms with Crippen LogP contribution in [0.1, 0.15) is 33.3 Å². The van der Waals surface area contributed by atoms with Crippen LogP contribution in [0.2, 0.25) is 5.04 Å². The number of hydrogen-bond acceptors (Lipinski definition) is 4. The maximum absolute atomic E-state index is 13.2. The Morgan fingerprint density at radius 2 is 1.36 bits per heavy atom. The van der Waals surface area contributed by atoms with Crippen molar-refractivity contribution in [3.8, 4) is 0 Å². The third-order valence-corrected chi connectivity index (χ3v) is 13.5. The van der Waals surface area contributed by atoms with E-state index in [2.05, 4.69) is 45.0 Å². The first kappa shape index (κ1) is 23.9. The second-order valence-corrected chi connectivity index (χ2v) is 16.4. The van der Waals surface area contributed by atoms with E-state index in [-0.39, 0.29) is 16.5 Å². The molecule has 0 saturated carbocycles. The highest BCUT2D eigenvalue weighted by molar-refractivity contribution is 7.92. The standard InChI is InChI=1S/C27H32O4SSi/c1-21-16-18-22(19-17-21)32(28,29)25-27(5,31-25)20-30-33(26(2,3)4,23-12-8-6-9-13-23)24-14-10-7-11-15-24/h6-19,25H,20H2,1-5H3/t25-,27+/m1/s1. The zero-order valence-electron chi connectivity index (χ0n) is 19.9. The van der Waals surface area contributed by atoms with Crippen LogP contribution in [0, 0.1) is 6.92 Å². The summed E-state index contributed by atoms with van der Waals surface area (Å²) in [5.74, 6) is 0. The van der Waals surface area contributed by atoms with Crippen molar-refractivity contribution >= 4 is 28.5 Å². The molecule has 4 rings (SSSR count). The van der Waals surface area contributed by atoms with Gasteiger partial charge in [-0.05, 0) is 41.4 Å². The molecule has 2 atom stereocenters. The minimum atomic E-state index is -3.61. The van der Waals surface area contributed by atoms with Gasteiger partial charge in [-0.15, -0.1) is 0 Å². The minimum Gasteiger partial charge on any atom is -0.404 e. The highest BCUT2D eigenvalue weighted by atomic mass is 32.2. The summed E-state index contributed by atoms with van der Waals surface area (Å²) in [7, 11) is -6.38. The van der Waals surface area contributed by atoms with E-state index >= 15 is 0 Å². The van der Waals surface area contributed by atoms with E-state index in [1.54, 1.807) is 12.1 Å². The Morgan fingerprint density at radius 3 is 1.82 bits per heavy atom. The minimum absolute atomic E-state index is 0.188. The Kier molecular flexibility index (Phi) is 6.16. The first-order valence-electron chi connectivity index (χ1n) is 11.2. The summed E-state index contributed by atoms with van der Waals surface area (Å²) in [5, 5.41) is 2.13. The SMILES string of the molecule is Cc1ccc(S(=O)(=O)[C@H]2O[C@@]2(C)CO[Si](c2ccccc2)(c2ccccc2)C(C)(C)C)cc1. The van der Waals surface area contributed by atoms with Crippen molar-refractivity contribution in [3.63, 3.8) is 0 Å². The fourth-order valence-corrected chi connectivity index (χ4v) is 11.1. The van der Waals surface area contributed by atoms with Gasteiger partial charge in [0.25, 0.3) is 8.32 Å². The fraction of sp³-hybridized carbons (Fsp3) is 0.333. The average molecular weight is 481 g/mol. The number of rotatable bonds is 7. The van der Waals surface area contributed by atoms with Gasteiger partial charge in [0.2, 0.25) is 9.84 Å². The summed E-state index contributed by atoms with van der Waals surface area (Å²) in [6, 6.07) is 27.6. The Labute approximate surface area is 198 Å². The third-order valence-electron chi connectivity index (χ3n) is 6.44. The van der Waals surface area contributed by atoms with Crippen LogP contribution < -0.4 is 10.4 Å². The highest BCUT2D eigenvalue weighted by Gasteiger charge is 2.62. The lowest BCUT2D eigenvalue weighted by Crippen LogP contribution is -2.67. The van der Waals surface area contributed by atoms with Crippen LogP contribution in [0.15, 0.2) is 89.8 Å². The Bertz CT molecular complexity index is 1160. The van der Waals surface area contributed by atoms with E-state index < -0.39 is 29.2 Å². The lowest BCUT2D eigenvalue weighted by Gasteiger charge is -2.43. The molecular weight excluding hydrogens is 448 g/mol. The first-order chi connectivity index (χ1) is 15.5. The number of aryl methyl sites for hydroxylation is 1. The molecule has 1 saturated heterocycles. The summed E-state index contributed by atoms with van der Waals surface area (Å²) in [5.41, 5.74) is -0.786. The van der Waals surface area contributed by atoms with Crippen molar-refractivity contribution in [3.05, 3.63) is 90.5 Å². The number of hydrogen-bond donors (Lipinski definition) is 0. The van der Waals surface area contributed by atoms with E-state index in [1.165, 1.54) is 0 Å². The molecule has 0 N–H and O–H groups in total. The molecule has 33 heavy (non-hydrogen) atoms. The Hall–Kier alpha value is -2.25. The van der Waals surface area contributed by atoms with Crippen LogP contribution in [0.5, 0.6) is 0 Å². The largest absolute Gasteiger partial charge is 0.404 e. The molecule has 1 fully saturated rings. The van der Waals surface area contributed by atoms with Crippen molar-refractivity contribution in [1.29, 1.82) is 0 Å². The maximum Gasteiger partial charge on any atom is 0.261 e. The zero-order valence-corrected chi connectivity index (χ0v) is 21.7. The molecule has 3 aromatic carbocycles. The first-order valence-corrected chi connectivity index (χ1v) is 14.7. The Morgan fingerprint density at radius 1 is 0.879 bits per heavy atom. The predicted octanol–water partition coefficient (Wildman–Crippen LogP) is 4.46. The molecule has 174 valence electrons. The average Bonchev–Trinajstić information content (AvgIpc) is 3.48. The molecule has 0 amide bonds. The molecule has 1 aliphatic heterocycles. The lowest BCUT2D eigenvalue weighted by molar-refractivity contribution is 0.193.